The molecular weight excluding hydrogens is 228 g/mol. The van der Waals surface area contributed by atoms with Crippen LogP contribution in [0, 0.1) is 5.92 Å². The lowest BCUT2D eigenvalue weighted by molar-refractivity contribution is -0.0693. The average Bonchev–Trinajstić information content (AvgIpc) is 2.66. The van der Waals surface area contributed by atoms with E-state index in [4.69, 9.17) is 0 Å². The highest BCUT2D eigenvalue weighted by atomic mass is 16.3. The maximum absolute atomic E-state index is 10.3. The van der Waals surface area contributed by atoms with Crippen LogP contribution in [0.15, 0.2) is 30.3 Å². The van der Waals surface area contributed by atoms with Crippen LogP contribution in [-0.2, 0) is 6.54 Å². The molecule has 98 valence electrons. The lowest BCUT2D eigenvalue weighted by Crippen LogP contribution is -2.46. The topological polar surface area (TPSA) is 55.7 Å². The highest BCUT2D eigenvalue weighted by Gasteiger charge is 2.48. The minimum absolute atomic E-state index is 0.0115. The number of aliphatic hydroxyl groups is 2. The van der Waals surface area contributed by atoms with Crippen LogP contribution >= 0.6 is 0 Å². The molecule has 0 aromatic heterocycles. The van der Waals surface area contributed by atoms with Crippen LogP contribution in [-0.4, -0.2) is 40.2 Å². The zero-order valence-electron chi connectivity index (χ0n) is 10.4. The van der Waals surface area contributed by atoms with Gasteiger partial charge in [0, 0.05) is 12.5 Å². The van der Waals surface area contributed by atoms with Crippen molar-refractivity contribution >= 4 is 0 Å². The van der Waals surface area contributed by atoms with Gasteiger partial charge in [0.05, 0.1) is 6.04 Å². The molecule has 1 aromatic carbocycles. The number of rotatable bonds is 2. The van der Waals surface area contributed by atoms with E-state index in [-0.39, 0.29) is 12.0 Å². The predicted molar refractivity (Wildman–Crippen MR) is 68.5 cm³/mol. The number of hydrogen-bond donors (Lipinski definition) is 3. The number of benzene rings is 1. The molecule has 0 saturated carbocycles. The lowest BCUT2D eigenvalue weighted by Gasteiger charge is -2.27. The number of nitrogens with zero attached hydrogens (tertiary/aromatic N) is 1. The van der Waals surface area contributed by atoms with Crippen molar-refractivity contribution in [2.75, 3.05) is 6.54 Å². The third-order valence-electron chi connectivity index (χ3n) is 4.15. The van der Waals surface area contributed by atoms with Crippen molar-refractivity contribution in [3.63, 3.8) is 0 Å². The summed E-state index contributed by atoms with van der Waals surface area (Å²) in [7, 11) is 0. The Balaban J connectivity index is 1.76. The van der Waals surface area contributed by atoms with Crippen molar-refractivity contribution in [3.05, 3.63) is 35.9 Å². The van der Waals surface area contributed by atoms with Gasteiger partial charge < -0.3 is 15.5 Å². The van der Waals surface area contributed by atoms with Crippen LogP contribution in [0.4, 0.5) is 0 Å². The molecule has 2 aliphatic heterocycles. The third-order valence-corrected chi connectivity index (χ3v) is 4.15. The number of hydrogen-bond acceptors (Lipinski definition) is 4. The molecular formula is C14H20N2O2. The van der Waals surface area contributed by atoms with E-state index in [2.05, 4.69) is 5.32 Å². The number of aliphatic hydroxyl groups excluding tert-OH is 2. The Kier molecular flexibility index (Phi) is 3.35. The normalized spacial score (nSPS) is 36.6. The first-order valence-electron chi connectivity index (χ1n) is 6.66. The maximum atomic E-state index is 10.3. The van der Waals surface area contributed by atoms with Crippen molar-refractivity contribution in [1.82, 2.24) is 10.2 Å². The average molecular weight is 248 g/mol. The number of fused-ring (bicyclic) bond motifs is 1. The Morgan fingerprint density at radius 3 is 2.67 bits per heavy atom. The Morgan fingerprint density at radius 1 is 1.17 bits per heavy atom. The maximum Gasteiger partial charge on any atom is 0.125 e. The fourth-order valence-electron chi connectivity index (χ4n) is 3.19. The molecule has 1 aromatic rings. The summed E-state index contributed by atoms with van der Waals surface area (Å²) < 4.78 is 0. The van der Waals surface area contributed by atoms with Crippen LogP contribution in [0.25, 0.3) is 0 Å². The zero-order chi connectivity index (χ0) is 12.5. The quantitative estimate of drug-likeness (QED) is 0.714. The zero-order valence-corrected chi connectivity index (χ0v) is 10.4. The molecule has 4 heteroatoms. The van der Waals surface area contributed by atoms with Crippen molar-refractivity contribution in [1.29, 1.82) is 0 Å². The van der Waals surface area contributed by atoms with Gasteiger partial charge in [-0.05, 0) is 24.9 Å². The molecule has 2 unspecified atom stereocenters. The number of likely N-dealkylation sites (tertiary alicyclic amines) is 1. The number of nitrogens with one attached hydrogen (secondary N) is 1. The van der Waals surface area contributed by atoms with Crippen molar-refractivity contribution in [3.8, 4) is 0 Å². The molecule has 18 heavy (non-hydrogen) atoms. The fourth-order valence-corrected chi connectivity index (χ4v) is 3.19. The second-order valence-electron chi connectivity index (χ2n) is 5.27. The second-order valence-corrected chi connectivity index (χ2v) is 5.27. The molecule has 0 radical (unpaired) electrons. The number of piperidine rings is 1. The predicted octanol–water partition coefficient (Wildman–Crippen LogP) is 0.507. The lowest BCUT2D eigenvalue weighted by atomic mass is 9.92. The summed E-state index contributed by atoms with van der Waals surface area (Å²) in [5.41, 5.74) is 1.12. The summed E-state index contributed by atoms with van der Waals surface area (Å²) in [6, 6.07) is 9.99. The van der Waals surface area contributed by atoms with Gasteiger partial charge >= 0.3 is 0 Å². The Bertz CT molecular complexity index is 380. The summed E-state index contributed by atoms with van der Waals surface area (Å²) in [6.45, 7) is 1.53. The molecule has 2 aliphatic rings. The molecule has 3 N–H and O–H groups in total. The van der Waals surface area contributed by atoms with E-state index >= 15 is 0 Å². The van der Waals surface area contributed by atoms with E-state index in [1.54, 1.807) is 4.90 Å². The summed E-state index contributed by atoms with van der Waals surface area (Å²) in [6.07, 6.45) is 0.925. The summed E-state index contributed by atoms with van der Waals surface area (Å²) in [5.74, 6) is 0.150. The van der Waals surface area contributed by atoms with Crippen molar-refractivity contribution in [2.24, 2.45) is 5.92 Å². The van der Waals surface area contributed by atoms with Gasteiger partial charge in [0.1, 0.15) is 12.5 Å². The molecule has 0 amide bonds. The van der Waals surface area contributed by atoms with Gasteiger partial charge in [-0.15, -0.1) is 0 Å². The molecule has 4 atom stereocenters. The van der Waals surface area contributed by atoms with Gasteiger partial charge in [-0.2, -0.15) is 0 Å². The van der Waals surface area contributed by atoms with Gasteiger partial charge in [-0.25, -0.2) is 4.90 Å². The van der Waals surface area contributed by atoms with Crippen LogP contribution < -0.4 is 5.32 Å². The Labute approximate surface area is 107 Å². The van der Waals surface area contributed by atoms with Gasteiger partial charge in [-0.3, -0.25) is 0 Å². The van der Waals surface area contributed by atoms with Crippen LogP contribution in [0.5, 0.6) is 0 Å². The smallest absolute Gasteiger partial charge is 0.125 e. The van der Waals surface area contributed by atoms with Crippen molar-refractivity contribution in [2.45, 2.75) is 37.9 Å². The molecule has 2 heterocycles. The molecule has 4 nitrogen and oxygen atoms in total. The second kappa shape index (κ2) is 4.97. The first-order valence-corrected chi connectivity index (χ1v) is 6.66. The van der Waals surface area contributed by atoms with E-state index in [0.29, 0.717) is 6.54 Å². The summed E-state index contributed by atoms with van der Waals surface area (Å²) in [4.78, 5) is 1.79. The van der Waals surface area contributed by atoms with E-state index in [0.717, 1.165) is 24.9 Å². The first kappa shape index (κ1) is 12.1. The Hall–Kier alpha value is -0.940. The Morgan fingerprint density at radius 2 is 1.94 bits per heavy atom. The van der Waals surface area contributed by atoms with Gasteiger partial charge in [0.25, 0.3) is 0 Å². The minimum Gasteiger partial charge on any atom is -0.378 e. The van der Waals surface area contributed by atoms with E-state index in [1.165, 1.54) is 0 Å². The molecule has 3 rings (SSSR count). The largest absolute Gasteiger partial charge is 0.378 e. The minimum atomic E-state index is -0.592. The molecule has 0 aliphatic carbocycles. The molecule has 2 fully saturated rings. The third kappa shape index (κ3) is 2.06. The van der Waals surface area contributed by atoms with Crippen LogP contribution in [0.2, 0.25) is 0 Å². The van der Waals surface area contributed by atoms with Crippen LogP contribution in [0.1, 0.15) is 18.4 Å². The van der Waals surface area contributed by atoms with Crippen molar-refractivity contribution < 1.29 is 10.2 Å². The summed E-state index contributed by atoms with van der Waals surface area (Å²) in [5, 5.41) is 24.0. The fraction of sp³-hybridized carbons (Fsp3) is 0.571. The van der Waals surface area contributed by atoms with Gasteiger partial charge in [0.2, 0.25) is 0 Å². The van der Waals surface area contributed by atoms with Gasteiger partial charge in [-0.1, -0.05) is 30.3 Å². The summed E-state index contributed by atoms with van der Waals surface area (Å²) >= 11 is 0. The highest BCUT2D eigenvalue weighted by Crippen LogP contribution is 2.34. The SMILES string of the molecule is OC1[C@H]2NCCC[C@H]2C(O)N1Cc1ccccc1. The van der Waals surface area contributed by atoms with E-state index in [9.17, 15) is 10.2 Å². The standard InChI is InChI=1S/C14H20N2O2/c17-13-11-7-4-8-15-12(11)14(18)16(13)9-10-5-2-1-3-6-10/h1-3,5-6,11-15,17-18H,4,7-9H2/t11-,12+,13?,14?/m1/s1. The first-order chi connectivity index (χ1) is 8.77. The highest BCUT2D eigenvalue weighted by molar-refractivity contribution is 5.15. The van der Waals surface area contributed by atoms with E-state index in [1.807, 2.05) is 30.3 Å². The van der Waals surface area contributed by atoms with Gasteiger partial charge in [0.15, 0.2) is 0 Å². The monoisotopic (exact) mass is 248 g/mol. The molecule has 0 spiro atoms. The van der Waals surface area contributed by atoms with E-state index < -0.39 is 12.5 Å². The molecule has 2 saturated heterocycles. The molecule has 0 bridgehead atoms. The van der Waals surface area contributed by atoms with Crippen LogP contribution in [0.3, 0.4) is 0 Å².